The predicted molar refractivity (Wildman–Crippen MR) is 31.8 cm³/mol. The highest BCUT2D eigenvalue weighted by Crippen LogP contribution is 1.77. The molecular formula is C5H8N2O. The molecule has 0 spiro atoms. The molecule has 0 aliphatic heterocycles. The molecule has 0 saturated heterocycles. The average Bonchev–Trinajstić information content (AvgIpc) is 1.64. The zero-order chi connectivity index (χ0) is 6.73. The Labute approximate surface area is 47.7 Å². The summed E-state index contributed by atoms with van der Waals surface area (Å²) in [6.45, 7) is 2.70. The van der Waals surface area contributed by atoms with E-state index in [4.69, 9.17) is 10.8 Å². The molecular weight excluding hydrogens is 104 g/mol. The molecule has 0 aromatic carbocycles. The first kappa shape index (κ1) is 7.01. The maximum Gasteiger partial charge on any atom is 0.179 e. The summed E-state index contributed by atoms with van der Waals surface area (Å²) in [4.78, 5) is 10.2. The Morgan fingerprint density at radius 1 is 1.25 bits per heavy atom. The fraction of sp³-hybridized carbons (Fsp3) is 0.400. The lowest BCUT2D eigenvalue weighted by atomic mass is 10.2. The lowest BCUT2D eigenvalue weighted by Crippen LogP contribution is -2.16. The van der Waals surface area contributed by atoms with E-state index in [0.29, 0.717) is 0 Å². The molecule has 0 atom stereocenters. The van der Waals surface area contributed by atoms with Gasteiger partial charge in [0.2, 0.25) is 0 Å². The minimum absolute atomic E-state index is 0.0255. The zero-order valence-corrected chi connectivity index (χ0v) is 4.91. The highest BCUT2D eigenvalue weighted by Gasteiger charge is 2.02. The van der Waals surface area contributed by atoms with Crippen molar-refractivity contribution in [3.63, 3.8) is 0 Å². The minimum Gasteiger partial charge on any atom is -0.303 e. The van der Waals surface area contributed by atoms with Crippen molar-refractivity contribution in [3.8, 4) is 0 Å². The number of Topliss-reactive ketones (excluding diaryl/α,β-unsaturated/α-hetero) is 1. The van der Waals surface area contributed by atoms with Crippen LogP contribution in [0.1, 0.15) is 13.8 Å². The lowest BCUT2D eigenvalue weighted by Gasteiger charge is -1.90. The van der Waals surface area contributed by atoms with Crippen molar-refractivity contribution < 1.29 is 4.79 Å². The third-order valence-electron chi connectivity index (χ3n) is 0.727. The van der Waals surface area contributed by atoms with Gasteiger partial charge in [-0.2, -0.15) is 0 Å². The zero-order valence-electron chi connectivity index (χ0n) is 4.91. The second-order valence-corrected chi connectivity index (χ2v) is 1.56. The van der Waals surface area contributed by atoms with E-state index >= 15 is 0 Å². The predicted octanol–water partition coefficient (Wildman–Crippen LogP) is 0.635. The Kier molecular flexibility index (Phi) is 2.06. The molecule has 0 aliphatic rings. The van der Waals surface area contributed by atoms with Crippen molar-refractivity contribution in [3.05, 3.63) is 0 Å². The topological polar surface area (TPSA) is 64.8 Å². The largest absolute Gasteiger partial charge is 0.303 e. The number of hydrogen-bond acceptors (Lipinski definition) is 3. The van der Waals surface area contributed by atoms with Crippen molar-refractivity contribution >= 4 is 17.2 Å². The van der Waals surface area contributed by atoms with Crippen molar-refractivity contribution in [2.24, 2.45) is 0 Å². The van der Waals surface area contributed by atoms with E-state index in [1.807, 2.05) is 0 Å². The van der Waals surface area contributed by atoms with Gasteiger partial charge in [0.1, 0.15) is 5.71 Å². The molecule has 3 nitrogen and oxygen atoms in total. The number of rotatable bonds is 2. The van der Waals surface area contributed by atoms with Gasteiger partial charge in [0.05, 0.1) is 5.71 Å². The summed E-state index contributed by atoms with van der Waals surface area (Å²) in [6, 6.07) is 0. The highest BCUT2D eigenvalue weighted by atomic mass is 16.1. The van der Waals surface area contributed by atoms with Crippen molar-refractivity contribution in [1.82, 2.24) is 0 Å². The van der Waals surface area contributed by atoms with Crippen LogP contribution >= 0.6 is 0 Å². The van der Waals surface area contributed by atoms with Gasteiger partial charge in [0.25, 0.3) is 0 Å². The first-order valence-electron chi connectivity index (χ1n) is 2.20. The van der Waals surface area contributed by atoms with Crippen molar-refractivity contribution in [2.75, 3.05) is 0 Å². The van der Waals surface area contributed by atoms with Crippen LogP contribution in [0.5, 0.6) is 0 Å². The van der Waals surface area contributed by atoms with Crippen LogP contribution in [-0.2, 0) is 4.79 Å². The molecule has 0 amide bonds. The summed E-state index contributed by atoms with van der Waals surface area (Å²) in [5.74, 6) is -0.350. The van der Waals surface area contributed by atoms with Gasteiger partial charge in [0, 0.05) is 6.92 Å². The second kappa shape index (κ2) is 2.35. The molecule has 0 aromatic heterocycles. The fourth-order valence-corrected chi connectivity index (χ4v) is 0.264. The van der Waals surface area contributed by atoms with Crippen LogP contribution < -0.4 is 0 Å². The van der Waals surface area contributed by atoms with E-state index < -0.39 is 0 Å². The molecule has 0 heterocycles. The van der Waals surface area contributed by atoms with Gasteiger partial charge in [-0.25, -0.2) is 0 Å². The van der Waals surface area contributed by atoms with Gasteiger partial charge in [-0.3, -0.25) is 10.2 Å². The van der Waals surface area contributed by atoms with Gasteiger partial charge in [0.15, 0.2) is 5.78 Å². The smallest absolute Gasteiger partial charge is 0.179 e. The summed E-state index contributed by atoms with van der Waals surface area (Å²) in [5, 5.41) is 13.6. The van der Waals surface area contributed by atoms with Crippen LogP contribution in [0.2, 0.25) is 0 Å². The summed E-state index contributed by atoms with van der Waals surface area (Å²) in [7, 11) is 0. The maximum atomic E-state index is 10.2. The summed E-state index contributed by atoms with van der Waals surface area (Å²) < 4.78 is 0. The molecule has 44 valence electrons. The van der Waals surface area contributed by atoms with Crippen LogP contribution in [0.15, 0.2) is 0 Å². The van der Waals surface area contributed by atoms with E-state index in [1.165, 1.54) is 13.8 Å². The number of nitrogens with one attached hydrogen (secondary N) is 2. The number of ketones is 1. The van der Waals surface area contributed by atoms with Gasteiger partial charge in [-0.05, 0) is 6.92 Å². The van der Waals surface area contributed by atoms with Crippen molar-refractivity contribution in [2.45, 2.75) is 13.8 Å². The Hall–Kier alpha value is -0.990. The first-order valence-corrected chi connectivity index (χ1v) is 2.20. The lowest BCUT2D eigenvalue weighted by molar-refractivity contribution is -0.110. The van der Waals surface area contributed by atoms with Crippen LogP contribution in [0.25, 0.3) is 0 Å². The van der Waals surface area contributed by atoms with Crippen molar-refractivity contribution in [1.29, 1.82) is 10.8 Å². The molecule has 0 aromatic rings. The third-order valence-corrected chi connectivity index (χ3v) is 0.727. The van der Waals surface area contributed by atoms with E-state index in [-0.39, 0.29) is 17.2 Å². The molecule has 0 aliphatic carbocycles. The Morgan fingerprint density at radius 3 is 1.62 bits per heavy atom. The maximum absolute atomic E-state index is 10.2. The number of carbonyl (C=O) groups excluding carboxylic acids is 1. The van der Waals surface area contributed by atoms with Gasteiger partial charge in [-0.1, -0.05) is 0 Å². The van der Waals surface area contributed by atoms with Gasteiger partial charge < -0.3 is 5.41 Å². The molecule has 2 N–H and O–H groups in total. The first-order chi connectivity index (χ1) is 3.55. The monoisotopic (exact) mass is 112 g/mol. The number of hydrogen-bond donors (Lipinski definition) is 2. The molecule has 0 bridgehead atoms. The molecule has 0 unspecified atom stereocenters. The average molecular weight is 112 g/mol. The van der Waals surface area contributed by atoms with Gasteiger partial charge >= 0.3 is 0 Å². The molecule has 0 radical (unpaired) electrons. The van der Waals surface area contributed by atoms with E-state index in [9.17, 15) is 4.79 Å². The van der Waals surface area contributed by atoms with Crippen LogP contribution in [0.3, 0.4) is 0 Å². The van der Waals surface area contributed by atoms with Crippen LogP contribution in [0.4, 0.5) is 0 Å². The van der Waals surface area contributed by atoms with E-state index in [0.717, 1.165) is 0 Å². The number of carbonyl (C=O) groups is 1. The third kappa shape index (κ3) is 1.64. The summed E-state index contributed by atoms with van der Waals surface area (Å²) in [6.07, 6.45) is 0. The SMILES string of the molecule is CC(=N)C(=N)C(C)=O. The quantitative estimate of drug-likeness (QED) is 0.505. The Bertz CT molecular complexity index is 133. The summed E-state index contributed by atoms with van der Waals surface area (Å²) in [5.41, 5.74) is -0.178. The van der Waals surface area contributed by atoms with E-state index in [1.54, 1.807) is 0 Å². The molecule has 0 rings (SSSR count). The molecule has 3 heteroatoms. The fourth-order valence-electron chi connectivity index (χ4n) is 0.264. The standard InChI is InChI=1S/C5H8N2O/c1-3(6)5(7)4(2)8/h6-7H,1-2H3. The Balaban J connectivity index is 4.05. The highest BCUT2D eigenvalue weighted by molar-refractivity contribution is 6.64. The molecule has 8 heavy (non-hydrogen) atoms. The summed E-state index contributed by atoms with van der Waals surface area (Å²) >= 11 is 0. The van der Waals surface area contributed by atoms with Crippen LogP contribution in [0, 0.1) is 10.8 Å². The second-order valence-electron chi connectivity index (χ2n) is 1.56. The van der Waals surface area contributed by atoms with Gasteiger partial charge in [-0.15, -0.1) is 0 Å². The minimum atomic E-state index is -0.350. The van der Waals surface area contributed by atoms with E-state index in [2.05, 4.69) is 0 Å². The molecule has 0 fully saturated rings. The Morgan fingerprint density at radius 2 is 1.62 bits per heavy atom. The normalized spacial score (nSPS) is 8.25. The molecule has 0 saturated carbocycles. The van der Waals surface area contributed by atoms with Crippen LogP contribution in [-0.4, -0.2) is 17.2 Å².